The minimum absolute atomic E-state index is 0.185. The number of rotatable bonds is 4. The highest BCUT2D eigenvalue weighted by molar-refractivity contribution is 7.90. The average Bonchev–Trinajstić information content (AvgIpc) is 3.38. The molecule has 0 aliphatic carbocycles. The Labute approximate surface area is 179 Å². The summed E-state index contributed by atoms with van der Waals surface area (Å²) in [5.41, 5.74) is 2.64. The van der Waals surface area contributed by atoms with Crippen LogP contribution >= 0.6 is 0 Å². The Morgan fingerprint density at radius 3 is 2.26 bits per heavy atom. The normalized spacial score (nSPS) is 16.0. The smallest absolute Gasteiger partial charge is 0.269 e. The van der Waals surface area contributed by atoms with E-state index in [1.807, 2.05) is 0 Å². The second kappa shape index (κ2) is 6.82. The summed E-state index contributed by atoms with van der Waals surface area (Å²) < 4.78 is 50.6. The number of hydrogen-bond acceptors (Lipinski definition) is 7. The van der Waals surface area contributed by atoms with Crippen LogP contribution < -0.4 is 10.6 Å². The molecule has 1 atom stereocenters. The van der Waals surface area contributed by atoms with Crippen LogP contribution in [-0.4, -0.2) is 32.0 Å². The molecule has 31 heavy (non-hydrogen) atoms. The van der Waals surface area contributed by atoms with Gasteiger partial charge in [-0.15, -0.1) is 0 Å². The van der Waals surface area contributed by atoms with Gasteiger partial charge in [-0.05, 0) is 35.9 Å². The number of nitrogens with zero attached hydrogens (tertiary/aromatic N) is 2. The number of sulfone groups is 1. The molecule has 2 N–H and O–H groups in total. The first-order valence-electron chi connectivity index (χ1n) is 9.39. The average molecular weight is 455 g/mol. The highest BCUT2D eigenvalue weighted by Gasteiger charge is 2.27. The van der Waals surface area contributed by atoms with E-state index in [2.05, 4.69) is 15.6 Å². The van der Waals surface area contributed by atoms with Gasteiger partial charge >= 0.3 is 0 Å². The van der Waals surface area contributed by atoms with Crippen molar-refractivity contribution in [3.05, 3.63) is 78.6 Å². The van der Waals surface area contributed by atoms with Gasteiger partial charge in [0.1, 0.15) is 6.17 Å². The molecule has 1 aliphatic rings. The van der Waals surface area contributed by atoms with Gasteiger partial charge in [-0.1, -0.05) is 30.3 Å². The lowest BCUT2D eigenvalue weighted by Gasteiger charge is -2.13. The molecule has 10 heteroatoms. The molecule has 1 aliphatic heterocycles. The van der Waals surface area contributed by atoms with Crippen molar-refractivity contribution >= 4 is 42.3 Å². The molecule has 0 radical (unpaired) electrons. The van der Waals surface area contributed by atoms with Crippen LogP contribution in [0.15, 0.2) is 82.8 Å². The van der Waals surface area contributed by atoms with Crippen LogP contribution in [0.4, 0.5) is 11.4 Å². The Balaban J connectivity index is 1.52. The van der Waals surface area contributed by atoms with Gasteiger partial charge < -0.3 is 10.6 Å². The quantitative estimate of drug-likeness (QED) is 0.487. The molecule has 0 spiro atoms. The van der Waals surface area contributed by atoms with Crippen molar-refractivity contribution in [3.63, 3.8) is 0 Å². The number of fused-ring (bicyclic) bond motifs is 3. The molecule has 0 saturated carbocycles. The summed E-state index contributed by atoms with van der Waals surface area (Å²) in [6, 6.07) is 16.5. The van der Waals surface area contributed by atoms with Crippen LogP contribution in [0.5, 0.6) is 0 Å². The molecule has 2 aromatic carbocycles. The van der Waals surface area contributed by atoms with E-state index in [9.17, 15) is 16.8 Å². The van der Waals surface area contributed by atoms with Crippen LogP contribution in [0.3, 0.4) is 0 Å². The Morgan fingerprint density at radius 2 is 1.58 bits per heavy atom. The van der Waals surface area contributed by atoms with Gasteiger partial charge in [-0.25, -0.2) is 25.8 Å². The molecule has 0 fully saturated rings. The summed E-state index contributed by atoms with van der Waals surface area (Å²) >= 11 is 0. The van der Waals surface area contributed by atoms with Crippen LogP contribution in [0, 0.1) is 0 Å². The van der Waals surface area contributed by atoms with Gasteiger partial charge in [-0.3, -0.25) is 0 Å². The second-order valence-electron chi connectivity index (χ2n) is 7.28. The van der Waals surface area contributed by atoms with Crippen molar-refractivity contribution in [3.8, 4) is 0 Å². The Kier molecular flexibility index (Phi) is 4.31. The maximum absolute atomic E-state index is 13.0. The van der Waals surface area contributed by atoms with Gasteiger partial charge in [0.25, 0.3) is 10.0 Å². The zero-order valence-corrected chi connectivity index (χ0v) is 18.0. The third kappa shape index (κ3) is 3.24. The fourth-order valence-corrected chi connectivity index (χ4v) is 5.59. The van der Waals surface area contributed by atoms with Gasteiger partial charge in [0, 0.05) is 17.8 Å². The lowest BCUT2D eigenvalue weighted by atomic mass is 10.2. The Morgan fingerprint density at radius 1 is 0.871 bits per heavy atom. The van der Waals surface area contributed by atoms with Crippen molar-refractivity contribution in [2.75, 3.05) is 16.9 Å². The summed E-state index contributed by atoms with van der Waals surface area (Å²) in [6.45, 7) is 0. The van der Waals surface area contributed by atoms with E-state index in [-0.39, 0.29) is 16.0 Å². The van der Waals surface area contributed by atoms with Gasteiger partial charge in [0.05, 0.1) is 27.4 Å². The number of nitrogens with one attached hydrogen (secondary N) is 2. The minimum atomic E-state index is -3.78. The molecule has 0 saturated heterocycles. The van der Waals surface area contributed by atoms with E-state index in [0.717, 1.165) is 16.9 Å². The van der Waals surface area contributed by atoms with Crippen molar-refractivity contribution in [1.82, 2.24) is 8.96 Å². The number of anilines is 2. The zero-order chi connectivity index (χ0) is 21.8. The summed E-state index contributed by atoms with van der Waals surface area (Å²) in [4.78, 5) is 4.82. The second-order valence-corrected chi connectivity index (χ2v) is 11.1. The lowest BCUT2D eigenvalue weighted by molar-refractivity contribution is 0.588. The predicted octanol–water partition coefficient (Wildman–Crippen LogP) is 3.21. The highest BCUT2D eigenvalue weighted by Crippen LogP contribution is 2.40. The fraction of sp³-hybridized carbons (Fsp3) is 0.0952. The third-order valence-electron chi connectivity index (χ3n) is 5.21. The van der Waals surface area contributed by atoms with Crippen molar-refractivity contribution in [2.45, 2.75) is 16.0 Å². The molecule has 158 valence electrons. The topological polar surface area (TPSA) is 110 Å². The van der Waals surface area contributed by atoms with Crippen molar-refractivity contribution in [1.29, 1.82) is 0 Å². The molecule has 1 unspecified atom stereocenters. The van der Waals surface area contributed by atoms with Crippen molar-refractivity contribution in [2.24, 2.45) is 0 Å². The number of pyridine rings is 1. The highest BCUT2D eigenvalue weighted by atomic mass is 32.2. The summed E-state index contributed by atoms with van der Waals surface area (Å²) in [5, 5.41) is 7.31. The van der Waals surface area contributed by atoms with Gasteiger partial charge in [-0.2, -0.15) is 0 Å². The Bertz CT molecular complexity index is 1510. The van der Waals surface area contributed by atoms with Crippen LogP contribution in [0.25, 0.3) is 11.0 Å². The third-order valence-corrected chi connectivity index (χ3v) is 8.02. The van der Waals surface area contributed by atoms with E-state index in [0.29, 0.717) is 11.0 Å². The molecule has 4 aromatic rings. The van der Waals surface area contributed by atoms with Gasteiger partial charge in [0.15, 0.2) is 15.5 Å². The summed E-state index contributed by atoms with van der Waals surface area (Å²) in [5.74, 6) is 0. The van der Waals surface area contributed by atoms with Crippen LogP contribution in [0.2, 0.25) is 0 Å². The monoisotopic (exact) mass is 454 g/mol. The maximum Gasteiger partial charge on any atom is 0.269 e. The molecular formula is C21H18N4O4S2. The number of aromatic nitrogens is 2. The molecule has 2 aromatic heterocycles. The molecule has 0 amide bonds. The fourth-order valence-electron chi connectivity index (χ4n) is 3.64. The van der Waals surface area contributed by atoms with Crippen molar-refractivity contribution < 1.29 is 16.8 Å². The first-order valence-corrected chi connectivity index (χ1v) is 12.7. The van der Waals surface area contributed by atoms with E-state index >= 15 is 0 Å². The lowest BCUT2D eigenvalue weighted by Crippen LogP contribution is -2.12. The standard InChI is InChI=1S/C21H18N4O4S2/c1-30(26,27)15-9-7-14(8-10-15)20-23-18-13-22-21-17(19(18)24-20)11-12-25(21)31(28,29)16-5-3-2-4-6-16/h2-13,20,23-24H,1H3. The first-order chi connectivity index (χ1) is 14.7. The minimum Gasteiger partial charge on any atom is -0.359 e. The zero-order valence-electron chi connectivity index (χ0n) is 16.3. The van der Waals surface area contributed by atoms with E-state index in [1.54, 1.807) is 66.9 Å². The van der Waals surface area contributed by atoms with E-state index in [4.69, 9.17) is 0 Å². The SMILES string of the molecule is CS(=O)(=O)c1ccc(C2Nc3cnc4c(ccn4S(=O)(=O)c4ccccc4)c3N2)cc1. The number of benzene rings is 2. The van der Waals surface area contributed by atoms with Crippen LogP contribution in [-0.2, 0) is 19.9 Å². The largest absolute Gasteiger partial charge is 0.359 e. The van der Waals surface area contributed by atoms with Crippen LogP contribution in [0.1, 0.15) is 11.7 Å². The molecule has 3 heterocycles. The van der Waals surface area contributed by atoms with E-state index < -0.39 is 19.9 Å². The van der Waals surface area contributed by atoms with E-state index in [1.165, 1.54) is 16.4 Å². The molecule has 5 rings (SSSR count). The summed E-state index contributed by atoms with van der Waals surface area (Å²) in [6.07, 6.45) is 3.95. The molecule has 0 bridgehead atoms. The molecular weight excluding hydrogens is 436 g/mol. The Hall–Kier alpha value is -3.37. The summed E-state index contributed by atoms with van der Waals surface area (Å²) in [7, 11) is -7.05. The van der Waals surface area contributed by atoms with Gasteiger partial charge in [0.2, 0.25) is 0 Å². The molecule has 8 nitrogen and oxygen atoms in total. The number of hydrogen-bond donors (Lipinski definition) is 2. The predicted molar refractivity (Wildman–Crippen MR) is 118 cm³/mol. The maximum atomic E-state index is 13.0. The first kappa shape index (κ1) is 19.6.